The molecule has 0 aliphatic carbocycles. The van der Waals surface area contributed by atoms with Gasteiger partial charge in [0.25, 0.3) is 5.91 Å². The van der Waals surface area contributed by atoms with Crippen LogP contribution in [0.5, 0.6) is 5.75 Å². The zero-order chi connectivity index (χ0) is 21.0. The highest BCUT2D eigenvalue weighted by atomic mass is 32.2. The Bertz CT molecular complexity index is 971. The second kappa shape index (κ2) is 8.97. The van der Waals surface area contributed by atoms with E-state index < -0.39 is 10.0 Å². The summed E-state index contributed by atoms with van der Waals surface area (Å²) in [5.41, 5.74) is 2.42. The number of amides is 1. The first-order valence-corrected chi connectivity index (χ1v) is 11.3. The number of piperidine rings is 1. The Labute approximate surface area is 172 Å². The number of nitrogens with one attached hydrogen (secondary N) is 1. The number of methoxy groups -OCH3 is 1. The highest BCUT2D eigenvalue weighted by Crippen LogP contribution is 2.31. The predicted octanol–water partition coefficient (Wildman–Crippen LogP) is 3.50. The molecule has 0 radical (unpaired) electrons. The lowest BCUT2D eigenvalue weighted by atomic mass is 10.1. The Morgan fingerprint density at radius 1 is 1.17 bits per heavy atom. The second-order valence-electron chi connectivity index (χ2n) is 7.49. The van der Waals surface area contributed by atoms with Crippen LogP contribution < -0.4 is 10.1 Å². The van der Waals surface area contributed by atoms with Crippen molar-refractivity contribution in [3.63, 3.8) is 0 Å². The maximum absolute atomic E-state index is 13.3. The molecule has 2 aromatic carbocycles. The van der Waals surface area contributed by atoms with Crippen molar-refractivity contribution in [2.75, 3.05) is 13.7 Å². The number of aryl methyl sites for hydroxylation is 1. The zero-order valence-corrected chi connectivity index (χ0v) is 18.0. The van der Waals surface area contributed by atoms with Gasteiger partial charge in [0.15, 0.2) is 0 Å². The smallest absolute Gasteiger partial charge is 0.251 e. The van der Waals surface area contributed by atoms with Crippen molar-refractivity contribution in [2.24, 2.45) is 0 Å². The van der Waals surface area contributed by atoms with Gasteiger partial charge in [-0.3, -0.25) is 4.79 Å². The Balaban J connectivity index is 1.84. The van der Waals surface area contributed by atoms with Gasteiger partial charge in [0.2, 0.25) is 10.0 Å². The van der Waals surface area contributed by atoms with Crippen molar-refractivity contribution < 1.29 is 17.9 Å². The van der Waals surface area contributed by atoms with Gasteiger partial charge in [-0.25, -0.2) is 8.42 Å². The zero-order valence-electron chi connectivity index (χ0n) is 17.1. The number of hydrogen-bond acceptors (Lipinski definition) is 4. The normalized spacial score (nSPS) is 17.7. The average molecular weight is 417 g/mol. The third kappa shape index (κ3) is 4.79. The van der Waals surface area contributed by atoms with E-state index in [2.05, 4.69) is 5.32 Å². The molecule has 0 spiro atoms. The fraction of sp³-hybridized carbons (Fsp3) is 0.409. The summed E-state index contributed by atoms with van der Waals surface area (Å²) >= 11 is 0. The molecule has 1 N–H and O–H groups in total. The van der Waals surface area contributed by atoms with E-state index >= 15 is 0 Å². The Hall–Kier alpha value is -2.38. The minimum atomic E-state index is -3.75. The average Bonchev–Trinajstić information content (AvgIpc) is 2.72. The molecule has 1 heterocycles. The first kappa shape index (κ1) is 21.3. The van der Waals surface area contributed by atoms with Crippen molar-refractivity contribution in [2.45, 2.75) is 50.6 Å². The van der Waals surface area contributed by atoms with Gasteiger partial charge in [-0.1, -0.05) is 36.2 Å². The summed E-state index contributed by atoms with van der Waals surface area (Å²) in [6.45, 7) is 4.78. The van der Waals surface area contributed by atoms with E-state index in [1.165, 1.54) is 17.5 Å². The quantitative estimate of drug-likeness (QED) is 0.782. The maximum Gasteiger partial charge on any atom is 0.251 e. The molecule has 1 atom stereocenters. The van der Waals surface area contributed by atoms with Crippen LogP contribution in [0.1, 0.15) is 47.7 Å². The van der Waals surface area contributed by atoms with Gasteiger partial charge < -0.3 is 10.1 Å². The van der Waals surface area contributed by atoms with Crippen LogP contribution in [0, 0.1) is 6.92 Å². The Morgan fingerprint density at radius 2 is 1.90 bits per heavy atom. The number of sulfonamides is 1. The maximum atomic E-state index is 13.3. The largest absolute Gasteiger partial charge is 0.495 e. The predicted molar refractivity (Wildman–Crippen MR) is 113 cm³/mol. The summed E-state index contributed by atoms with van der Waals surface area (Å²) in [7, 11) is -2.32. The Kier molecular flexibility index (Phi) is 6.59. The molecule has 2 aromatic rings. The fourth-order valence-corrected chi connectivity index (χ4v) is 5.45. The molecular formula is C22H28N2O4S. The van der Waals surface area contributed by atoms with Crippen molar-refractivity contribution in [1.82, 2.24) is 9.62 Å². The van der Waals surface area contributed by atoms with Gasteiger partial charge in [0.05, 0.1) is 7.11 Å². The summed E-state index contributed by atoms with van der Waals surface area (Å²) in [4.78, 5) is 12.7. The molecule has 1 aliphatic heterocycles. The summed E-state index contributed by atoms with van der Waals surface area (Å²) in [5, 5.41) is 2.85. The number of ether oxygens (including phenoxy) is 1. The van der Waals surface area contributed by atoms with E-state index in [0.29, 0.717) is 18.7 Å². The van der Waals surface area contributed by atoms with Crippen molar-refractivity contribution >= 4 is 15.9 Å². The van der Waals surface area contributed by atoms with Crippen LogP contribution >= 0.6 is 0 Å². The van der Waals surface area contributed by atoms with E-state index in [-0.39, 0.29) is 22.6 Å². The lowest BCUT2D eigenvalue weighted by Gasteiger charge is -2.32. The summed E-state index contributed by atoms with van der Waals surface area (Å²) < 4.78 is 33.4. The molecule has 0 aromatic heterocycles. The highest BCUT2D eigenvalue weighted by Gasteiger charge is 2.33. The SMILES string of the molecule is COc1ccc(C(=O)NCc2ccc(C)cc2)cc1S(=O)(=O)N1CCCC[C@H]1C. The van der Waals surface area contributed by atoms with E-state index in [1.807, 2.05) is 38.1 Å². The van der Waals surface area contributed by atoms with Crippen molar-refractivity contribution in [1.29, 1.82) is 0 Å². The van der Waals surface area contributed by atoms with Crippen molar-refractivity contribution in [3.05, 3.63) is 59.2 Å². The summed E-state index contributed by atoms with van der Waals surface area (Å²) in [5.74, 6) is -0.0748. The van der Waals surface area contributed by atoms with Gasteiger partial charge in [-0.15, -0.1) is 0 Å². The highest BCUT2D eigenvalue weighted by molar-refractivity contribution is 7.89. The molecule has 29 heavy (non-hydrogen) atoms. The molecular weight excluding hydrogens is 388 g/mol. The first-order chi connectivity index (χ1) is 13.8. The lowest BCUT2D eigenvalue weighted by molar-refractivity contribution is 0.0950. The van der Waals surface area contributed by atoms with E-state index in [4.69, 9.17) is 4.74 Å². The molecule has 156 valence electrons. The standard InChI is InChI=1S/C22H28N2O4S/c1-16-7-9-18(10-8-16)15-23-22(25)19-11-12-20(28-3)21(14-19)29(26,27)24-13-5-4-6-17(24)2/h7-12,14,17H,4-6,13,15H2,1-3H3,(H,23,25)/t17-/m1/s1. The molecule has 0 saturated carbocycles. The van der Waals surface area contributed by atoms with Crippen LogP contribution in [-0.2, 0) is 16.6 Å². The molecule has 1 amide bonds. The van der Waals surface area contributed by atoms with Crippen LogP contribution in [0.15, 0.2) is 47.4 Å². The topological polar surface area (TPSA) is 75.7 Å². The van der Waals surface area contributed by atoms with Gasteiger partial charge in [-0.2, -0.15) is 4.31 Å². The molecule has 6 nitrogen and oxygen atoms in total. The minimum Gasteiger partial charge on any atom is -0.495 e. The van der Waals surface area contributed by atoms with Crippen LogP contribution in [0.25, 0.3) is 0 Å². The number of benzene rings is 2. The minimum absolute atomic E-state index is 0.0386. The summed E-state index contributed by atoms with van der Waals surface area (Å²) in [6.07, 6.45) is 2.69. The molecule has 1 aliphatic rings. The van der Waals surface area contributed by atoms with Gasteiger partial charge in [-0.05, 0) is 50.5 Å². The fourth-order valence-electron chi connectivity index (χ4n) is 3.57. The van der Waals surface area contributed by atoms with Crippen LogP contribution in [0.2, 0.25) is 0 Å². The number of carbonyl (C=O) groups excluding carboxylic acids is 1. The first-order valence-electron chi connectivity index (χ1n) is 9.86. The number of hydrogen-bond donors (Lipinski definition) is 1. The third-order valence-electron chi connectivity index (χ3n) is 5.33. The molecule has 3 rings (SSSR count). The molecule has 0 bridgehead atoms. The van der Waals surface area contributed by atoms with Crippen LogP contribution in [0.4, 0.5) is 0 Å². The van der Waals surface area contributed by atoms with E-state index in [0.717, 1.165) is 30.4 Å². The Morgan fingerprint density at radius 3 is 2.55 bits per heavy atom. The molecule has 0 unspecified atom stereocenters. The number of rotatable bonds is 6. The van der Waals surface area contributed by atoms with E-state index in [1.54, 1.807) is 12.1 Å². The van der Waals surface area contributed by atoms with Gasteiger partial charge in [0, 0.05) is 24.7 Å². The molecule has 1 fully saturated rings. The second-order valence-corrected chi connectivity index (χ2v) is 9.35. The van der Waals surface area contributed by atoms with E-state index in [9.17, 15) is 13.2 Å². The number of carbonyl (C=O) groups is 1. The summed E-state index contributed by atoms with van der Waals surface area (Å²) in [6, 6.07) is 12.4. The van der Waals surface area contributed by atoms with Gasteiger partial charge >= 0.3 is 0 Å². The van der Waals surface area contributed by atoms with Crippen LogP contribution in [-0.4, -0.2) is 38.3 Å². The number of nitrogens with zero attached hydrogens (tertiary/aromatic N) is 1. The van der Waals surface area contributed by atoms with Gasteiger partial charge in [0.1, 0.15) is 10.6 Å². The third-order valence-corrected chi connectivity index (χ3v) is 7.36. The lowest BCUT2D eigenvalue weighted by Crippen LogP contribution is -2.42. The van der Waals surface area contributed by atoms with Crippen molar-refractivity contribution in [3.8, 4) is 5.75 Å². The molecule has 1 saturated heterocycles. The monoisotopic (exact) mass is 416 g/mol. The van der Waals surface area contributed by atoms with Crippen LogP contribution in [0.3, 0.4) is 0 Å². The molecule has 7 heteroatoms.